The molecule has 0 spiro atoms. The molecule has 0 fully saturated rings. The largest absolute Gasteiger partial charge is 0.475 e. The van der Waals surface area contributed by atoms with Crippen LogP contribution in [0, 0.1) is 11.7 Å². The molecule has 9 heteroatoms. The highest BCUT2D eigenvalue weighted by molar-refractivity contribution is 6.33. The first-order valence-corrected chi connectivity index (χ1v) is 11.2. The molecule has 0 aliphatic rings. The van der Waals surface area contributed by atoms with Gasteiger partial charge in [0, 0.05) is 42.6 Å². The van der Waals surface area contributed by atoms with Crippen LogP contribution in [-0.2, 0) is 11.3 Å². The lowest BCUT2D eigenvalue weighted by Gasteiger charge is -2.13. The Morgan fingerprint density at radius 1 is 1.21 bits per heavy atom. The highest BCUT2D eigenvalue weighted by Crippen LogP contribution is 2.31. The maximum atomic E-state index is 15.3. The molecule has 0 aliphatic carbocycles. The maximum Gasteiger partial charge on any atom is 0.251 e. The third kappa shape index (κ3) is 6.83. The lowest BCUT2D eigenvalue weighted by Crippen LogP contribution is -2.20. The molecule has 2 heterocycles. The molecular weight excluding hydrogens is 447 g/mol. The SMILES string of the molecule is CCOCCOc1ccc(-c2cc(=O)[nH]c(-c3c(Cl)ccc(CNCC(C)C)c3F)n2)cn1. The normalized spacial score (nSPS) is 11.2. The Labute approximate surface area is 197 Å². The number of rotatable bonds is 11. The molecule has 0 saturated heterocycles. The molecule has 176 valence electrons. The van der Waals surface area contributed by atoms with Gasteiger partial charge in [-0.3, -0.25) is 4.79 Å². The van der Waals surface area contributed by atoms with E-state index in [-0.39, 0.29) is 16.4 Å². The predicted molar refractivity (Wildman–Crippen MR) is 127 cm³/mol. The molecule has 3 rings (SSSR count). The molecule has 0 saturated carbocycles. The summed E-state index contributed by atoms with van der Waals surface area (Å²) in [5.41, 5.74) is 1.01. The number of aromatic nitrogens is 3. The summed E-state index contributed by atoms with van der Waals surface area (Å²) in [6, 6.07) is 7.98. The van der Waals surface area contributed by atoms with E-state index in [1.165, 1.54) is 6.07 Å². The fourth-order valence-electron chi connectivity index (χ4n) is 3.14. The molecule has 1 aromatic carbocycles. The lowest BCUT2D eigenvalue weighted by molar-refractivity contribution is 0.108. The Morgan fingerprint density at radius 3 is 2.73 bits per heavy atom. The second-order valence-corrected chi connectivity index (χ2v) is 8.24. The van der Waals surface area contributed by atoms with Crippen LogP contribution in [0.15, 0.2) is 41.3 Å². The van der Waals surface area contributed by atoms with E-state index in [0.29, 0.717) is 55.0 Å². The van der Waals surface area contributed by atoms with Crippen molar-refractivity contribution in [3.63, 3.8) is 0 Å². The monoisotopic (exact) mass is 474 g/mol. The number of ether oxygens (including phenoxy) is 2. The highest BCUT2D eigenvalue weighted by atomic mass is 35.5. The molecule has 0 bridgehead atoms. The average molecular weight is 475 g/mol. The number of hydrogen-bond acceptors (Lipinski definition) is 6. The van der Waals surface area contributed by atoms with Crippen LogP contribution in [0.25, 0.3) is 22.6 Å². The molecule has 0 atom stereocenters. The molecule has 2 N–H and O–H groups in total. The zero-order chi connectivity index (χ0) is 23.8. The minimum absolute atomic E-state index is 0.0581. The Morgan fingerprint density at radius 2 is 2.03 bits per heavy atom. The summed E-state index contributed by atoms with van der Waals surface area (Å²) in [7, 11) is 0. The minimum Gasteiger partial charge on any atom is -0.475 e. The fraction of sp³-hybridized carbons (Fsp3) is 0.375. The van der Waals surface area contributed by atoms with Gasteiger partial charge >= 0.3 is 0 Å². The van der Waals surface area contributed by atoms with Crippen LogP contribution in [0.2, 0.25) is 5.02 Å². The van der Waals surface area contributed by atoms with Gasteiger partial charge in [-0.05, 0) is 31.5 Å². The summed E-state index contributed by atoms with van der Waals surface area (Å²) in [6.07, 6.45) is 1.55. The summed E-state index contributed by atoms with van der Waals surface area (Å²) in [5, 5.41) is 3.38. The number of halogens is 2. The Balaban J connectivity index is 1.87. The van der Waals surface area contributed by atoms with Crippen LogP contribution in [0.1, 0.15) is 26.3 Å². The van der Waals surface area contributed by atoms with Gasteiger partial charge in [-0.2, -0.15) is 0 Å². The zero-order valence-electron chi connectivity index (χ0n) is 19.0. The Kier molecular flexibility index (Phi) is 8.94. The lowest BCUT2D eigenvalue weighted by atomic mass is 10.1. The van der Waals surface area contributed by atoms with Gasteiger partial charge in [0.2, 0.25) is 5.88 Å². The molecule has 0 unspecified atom stereocenters. The molecule has 0 radical (unpaired) electrons. The van der Waals surface area contributed by atoms with Crippen molar-refractivity contribution >= 4 is 11.6 Å². The number of nitrogens with zero attached hydrogens (tertiary/aromatic N) is 2. The third-order valence-corrected chi connectivity index (χ3v) is 5.05. The van der Waals surface area contributed by atoms with Gasteiger partial charge in [0.15, 0.2) is 0 Å². The smallest absolute Gasteiger partial charge is 0.251 e. The van der Waals surface area contributed by atoms with E-state index in [4.69, 9.17) is 21.1 Å². The summed E-state index contributed by atoms with van der Waals surface area (Å²) < 4.78 is 26.0. The van der Waals surface area contributed by atoms with Gasteiger partial charge in [0.05, 0.1) is 22.9 Å². The molecule has 33 heavy (non-hydrogen) atoms. The number of benzene rings is 1. The molecule has 0 aliphatic heterocycles. The zero-order valence-corrected chi connectivity index (χ0v) is 19.7. The van der Waals surface area contributed by atoms with Crippen molar-refractivity contribution in [2.45, 2.75) is 27.3 Å². The van der Waals surface area contributed by atoms with Crippen molar-refractivity contribution < 1.29 is 13.9 Å². The van der Waals surface area contributed by atoms with Crippen LogP contribution in [0.4, 0.5) is 4.39 Å². The summed E-state index contributed by atoms with van der Waals surface area (Å²) >= 11 is 6.30. The molecule has 0 amide bonds. The van der Waals surface area contributed by atoms with Gasteiger partial charge < -0.3 is 19.8 Å². The van der Waals surface area contributed by atoms with Crippen molar-refractivity contribution in [3.05, 3.63) is 63.3 Å². The maximum absolute atomic E-state index is 15.3. The number of pyridine rings is 1. The van der Waals surface area contributed by atoms with Crippen LogP contribution >= 0.6 is 11.6 Å². The van der Waals surface area contributed by atoms with Crippen molar-refractivity contribution in [2.24, 2.45) is 5.92 Å². The quantitative estimate of drug-likeness (QED) is 0.399. The van der Waals surface area contributed by atoms with Gasteiger partial charge in [-0.1, -0.05) is 31.5 Å². The number of hydrogen-bond donors (Lipinski definition) is 2. The average Bonchev–Trinajstić information content (AvgIpc) is 2.78. The van der Waals surface area contributed by atoms with E-state index in [2.05, 4.69) is 34.1 Å². The van der Waals surface area contributed by atoms with E-state index < -0.39 is 11.4 Å². The summed E-state index contributed by atoms with van der Waals surface area (Å²) in [6.45, 7) is 8.62. The van der Waals surface area contributed by atoms with Crippen molar-refractivity contribution in [1.82, 2.24) is 20.3 Å². The second kappa shape index (κ2) is 11.9. The summed E-state index contributed by atoms with van der Waals surface area (Å²) in [4.78, 5) is 23.7. The first-order valence-electron chi connectivity index (χ1n) is 10.8. The fourth-order valence-corrected chi connectivity index (χ4v) is 3.37. The van der Waals surface area contributed by atoms with E-state index in [1.807, 2.05) is 6.92 Å². The van der Waals surface area contributed by atoms with Gasteiger partial charge in [-0.25, -0.2) is 14.4 Å². The van der Waals surface area contributed by atoms with Gasteiger partial charge in [0.1, 0.15) is 18.2 Å². The Bertz CT molecular complexity index is 1120. The first-order chi connectivity index (χ1) is 15.9. The standard InChI is InChI=1S/C24H28ClFN4O3/c1-4-32-9-10-33-21-8-6-16(14-28-21)19-11-20(31)30-24(29-19)22-18(25)7-5-17(23(22)26)13-27-12-15(2)3/h5-8,11,14-15,27H,4,9-10,12-13H2,1-3H3,(H,29,30,31). The second-order valence-electron chi connectivity index (χ2n) is 7.83. The highest BCUT2D eigenvalue weighted by Gasteiger charge is 2.18. The van der Waals surface area contributed by atoms with Crippen LogP contribution in [-0.4, -0.2) is 41.3 Å². The van der Waals surface area contributed by atoms with Crippen molar-refractivity contribution in [2.75, 3.05) is 26.4 Å². The topological polar surface area (TPSA) is 89.1 Å². The third-order valence-electron chi connectivity index (χ3n) is 4.73. The van der Waals surface area contributed by atoms with E-state index in [1.54, 1.807) is 30.5 Å². The predicted octanol–water partition coefficient (Wildman–Crippen LogP) is 4.45. The number of aromatic amines is 1. The van der Waals surface area contributed by atoms with Gasteiger partial charge in [-0.15, -0.1) is 0 Å². The van der Waals surface area contributed by atoms with E-state index >= 15 is 4.39 Å². The van der Waals surface area contributed by atoms with E-state index in [9.17, 15) is 4.79 Å². The Hall–Kier alpha value is -2.81. The van der Waals surface area contributed by atoms with Gasteiger partial charge in [0.25, 0.3) is 5.56 Å². The first kappa shape index (κ1) is 24.8. The van der Waals surface area contributed by atoms with E-state index in [0.717, 1.165) is 6.54 Å². The van der Waals surface area contributed by atoms with Crippen molar-refractivity contribution in [1.29, 1.82) is 0 Å². The summed E-state index contributed by atoms with van der Waals surface area (Å²) in [5.74, 6) is 0.404. The van der Waals surface area contributed by atoms with Crippen molar-refractivity contribution in [3.8, 4) is 28.5 Å². The number of nitrogens with one attached hydrogen (secondary N) is 2. The molecular formula is C24H28ClFN4O3. The van der Waals surface area contributed by atoms with Crippen LogP contribution in [0.3, 0.4) is 0 Å². The van der Waals surface area contributed by atoms with Crippen LogP contribution in [0.5, 0.6) is 5.88 Å². The molecule has 2 aromatic heterocycles. The molecule has 7 nitrogen and oxygen atoms in total. The minimum atomic E-state index is -0.518. The van der Waals surface area contributed by atoms with Crippen LogP contribution < -0.4 is 15.6 Å². The number of H-pyrrole nitrogens is 1. The molecule has 3 aromatic rings.